The number of likely N-dealkylation sites (N-methyl/N-ethyl adjacent to an activating group) is 1. The van der Waals surface area contributed by atoms with E-state index in [1.165, 1.54) is 0 Å². The van der Waals surface area contributed by atoms with E-state index in [9.17, 15) is 5.11 Å². The summed E-state index contributed by atoms with van der Waals surface area (Å²) in [5.41, 5.74) is 1.59. The Morgan fingerprint density at radius 2 is 1.86 bits per heavy atom. The second kappa shape index (κ2) is 6.54. The fourth-order valence-electron chi connectivity index (χ4n) is 3.13. The van der Waals surface area contributed by atoms with Gasteiger partial charge in [0, 0.05) is 22.7 Å². The van der Waals surface area contributed by atoms with Gasteiger partial charge >= 0.3 is 0 Å². The van der Waals surface area contributed by atoms with Gasteiger partial charge in [-0.15, -0.1) is 0 Å². The van der Waals surface area contributed by atoms with Crippen LogP contribution in [0.3, 0.4) is 0 Å². The third-order valence-electron chi connectivity index (χ3n) is 4.72. The second-order valence-corrected chi connectivity index (χ2v) is 5.75. The summed E-state index contributed by atoms with van der Waals surface area (Å²) in [7, 11) is 0. The van der Waals surface area contributed by atoms with Crippen molar-refractivity contribution in [1.29, 1.82) is 0 Å². The van der Waals surface area contributed by atoms with Crippen molar-refractivity contribution in [3.8, 4) is 0 Å². The monoisotopic (exact) mass is 286 g/mol. The number of nitrogens with zero attached hydrogens (tertiary/aromatic N) is 2. The first kappa shape index (κ1) is 15.9. The summed E-state index contributed by atoms with van der Waals surface area (Å²) in [6.45, 7) is 10.4. The van der Waals surface area contributed by atoms with Gasteiger partial charge in [-0.25, -0.2) is 0 Å². The Balaban J connectivity index is 2.41. The van der Waals surface area contributed by atoms with Crippen LogP contribution in [-0.2, 0) is 0 Å². The number of para-hydroxylation sites is 1. The van der Waals surface area contributed by atoms with Gasteiger partial charge in [0.2, 0.25) is 0 Å². The highest BCUT2D eigenvalue weighted by Gasteiger charge is 2.37. The Hall–Kier alpha value is -1.45. The Labute approximate surface area is 127 Å². The number of fused-ring (bicyclic) bond motifs is 1. The van der Waals surface area contributed by atoms with Crippen molar-refractivity contribution in [2.45, 2.75) is 45.8 Å². The predicted molar refractivity (Wildman–Crippen MR) is 88.3 cm³/mol. The minimum atomic E-state index is -0.542. The first-order chi connectivity index (χ1) is 10.1. The SMILES string of the molecule is CCN(CC)C(C)(CC)C(O)c1cnc2ccccc2c1. The number of rotatable bonds is 6. The van der Waals surface area contributed by atoms with Gasteiger partial charge in [-0.1, -0.05) is 39.0 Å². The van der Waals surface area contributed by atoms with Crippen molar-refractivity contribution >= 4 is 10.9 Å². The fourth-order valence-corrected chi connectivity index (χ4v) is 3.13. The number of aliphatic hydroxyl groups excluding tert-OH is 1. The van der Waals surface area contributed by atoms with Crippen LogP contribution in [0.15, 0.2) is 36.5 Å². The molecular weight excluding hydrogens is 260 g/mol. The molecule has 2 unspecified atom stereocenters. The van der Waals surface area contributed by atoms with Crippen molar-refractivity contribution in [1.82, 2.24) is 9.88 Å². The Morgan fingerprint density at radius 1 is 1.19 bits per heavy atom. The Bertz CT molecular complexity index is 595. The molecule has 1 aromatic heterocycles. The average molecular weight is 286 g/mol. The van der Waals surface area contributed by atoms with E-state index in [4.69, 9.17) is 0 Å². The number of hydrogen-bond donors (Lipinski definition) is 1. The van der Waals surface area contributed by atoms with Crippen LogP contribution in [0.2, 0.25) is 0 Å². The normalized spacial score (nSPS) is 16.1. The topological polar surface area (TPSA) is 36.4 Å². The third-order valence-corrected chi connectivity index (χ3v) is 4.72. The highest BCUT2D eigenvalue weighted by molar-refractivity contribution is 5.78. The molecule has 0 saturated heterocycles. The molecule has 0 aliphatic rings. The highest BCUT2D eigenvalue weighted by Crippen LogP contribution is 2.34. The van der Waals surface area contributed by atoms with Gasteiger partial charge < -0.3 is 5.11 Å². The lowest BCUT2D eigenvalue weighted by Crippen LogP contribution is -2.50. The summed E-state index contributed by atoms with van der Waals surface area (Å²) in [5.74, 6) is 0. The maximum atomic E-state index is 10.9. The van der Waals surface area contributed by atoms with Crippen LogP contribution in [0.4, 0.5) is 0 Å². The summed E-state index contributed by atoms with van der Waals surface area (Å²) in [6.07, 6.45) is 2.16. The number of aliphatic hydroxyl groups is 1. The Morgan fingerprint density at radius 3 is 2.48 bits per heavy atom. The van der Waals surface area contributed by atoms with E-state index in [-0.39, 0.29) is 5.54 Å². The summed E-state index contributed by atoms with van der Waals surface area (Å²) >= 11 is 0. The van der Waals surface area contributed by atoms with Crippen LogP contribution in [0.5, 0.6) is 0 Å². The quantitative estimate of drug-likeness (QED) is 0.878. The van der Waals surface area contributed by atoms with E-state index >= 15 is 0 Å². The summed E-state index contributed by atoms with van der Waals surface area (Å²) in [5, 5.41) is 12.0. The average Bonchev–Trinajstić information content (AvgIpc) is 2.54. The van der Waals surface area contributed by atoms with Gasteiger partial charge in [0.15, 0.2) is 0 Å². The molecule has 3 nitrogen and oxygen atoms in total. The van der Waals surface area contributed by atoms with Crippen molar-refractivity contribution in [2.75, 3.05) is 13.1 Å². The predicted octanol–water partition coefficient (Wildman–Crippen LogP) is 3.78. The molecular formula is C18H26N2O. The van der Waals surface area contributed by atoms with Crippen LogP contribution < -0.4 is 0 Å². The molecule has 0 amide bonds. The van der Waals surface area contributed by atoms with E-state index in [1.54, 1.807) is 0 Å². The molecule has 0 saturated carbocycles. The summed E-state index contributed by atoms with van der Waals surface area (Å²) < 4.78 is 0. The van der Waals surface area contributed by atoms with E-state index in [0.717, 1.165) is 36.0 Å². The van der Waals surface area contributed by atoms with Crippen molar-refractivity contribution < 1.29 is 5.11 Å². The largest absolute Gasteiger partial charge is 0.386 e. The van der Waals surface area contributed by atoms with Crippen molar-refractivity contribution in [3.05, 3.63) is 42.1 Å². The van der Waals surface area contributed by atoms with E-state index in [0.29, 0.717) is 0 Å². The minimum Gasteiger partial charge on any atom is -0.386 e. The molecule has 0 fully saturated rings. The first-order valence-electron chi connectivity index (χ1n) is 7.84. The van der Waals surface area contributed by atoms with E-state index in [2.05, 4.69) is 43.6 Å². The zero-order valence-electron chi connectivity index (χ0n) is 13.5. The number of pyridine rings is 1. The third kappa shape index (κ3) is 2.94. The molecule has 0 spiro atoms. The lowest BCUT2D eigenvalue weighted by molar-refractivity contribution is -0.0214. The standard InChI is InChI=1S/C18H26N2O/c1-5-18(4,20(6-2)7-3)17(21)15-12-14-10-8-9-11-16(14)19-13-15/h8-13,17,21H,5-7H2,1-4H3. The molecule has 2 rings (SSSR count). The lowest BCUT2D eigenvalue weighted by Gasteiger charge is -2.43. The molecule has 2 aromatic rings. The van der Waals surface area contributed by atoms with Gasteiger partial charge in [-0.2, -0.15) is 0 Å². The van der Waals surface area contributed by atoms with Gasteiger partial charge in [-0.05, 0) is 38.6 Å². The van der Waals surface area contributed by atoms with Crippen LogP contribution in [0.25, 0.3) is 10.9 Å². The zero-order chi connectivity index (χ0) is 15.5. The number of hydrogen-bond acceptors (Lipinski definition) is 3. The smallest absolute Gasteiger partial charge is 0.0985 e. The van der Waals surface area contributed by atoms with Crippen LogP contribution >= 0.6 is 0 Å². The van der Waals surface area contributed by atoms with Crippen LogP contribution in [-0.4, -0.2) is 33.6 Å². The van der Waals surface area contributed by atoms with Crippen LogP contribution in [0, 0.1) is 0 Å². The van der Waals surface area contributed by atoms with Gasteiger partial charge in [-0.3, -0.25) is 9.88 Å². The minimum absolute atomic E-state index is 0.270. The fraction of sp³-hybridized carbons (Fsp3) is 0.500. The summed E-state index contributed by atoms with van der Waals surface area (Å²) in [6, 6.07) is 10.1. The van der Waals surface area contributed by atoms with Crippen molar-refractivity contribution in [2.24, 2.45) is 0 Å². The Kier molecular flexibility index (Phi) is 4.96. The molecule has 114 valence electrons. The lowest BCUT2D eigenvalue weighted by atomic mass is 9.85. The maximum Gasteiger partial charge on any atom is 0.0985 e. The summed E-state index contributed by atoms with van der Waals surface area (Å²) in [4.78, 5) is 6.81. The van der Waals surface area contributed by atoms with E-state index < -0.39 is 6.10 Å². The molecule has 21 heavy (non-hydrogen) atoms. The molecule has 1 heterocycles. The molecule has 0 aliphatic heterocycles. The molecule has 0 bridgehead atoms. The molecule has 3 heteroatoms. The van der Waals surface area contributed by atoms with Gasteiger partial charge in [0.25, 0.3) is 0 Å². The first-order valence-corrected chi connectivity index (χ1v) is 7.84. The number of benzene rings is 1. The zero-order valence-corrected chi connectivity index (χ0v) is 13.5. The molecule has 1 N–H and O–H groups in total. The van der Waals surface area contributed by atoms with Gasteiger partial charge in [0.05, 0.1) is 11.6 Å². The molecule has 0 aliphatic carbocycles. The van der Waals surface area contributed by atoms with Gasteiger partial charge in [0.1, 0.15) is 0 Å². The number of aromatic nitrogens is 1. The maximum absolute atomic E-state index is 10.9. The van der Waals surface area contributed by atoms with E-state index in [1.807, 2.05) is 30.5 Å². The molecule has 2 atom stereocenters. The van der Waals surface area contributed by atoms with Crippen LogP contribution in [0.1, 0.15) is 45.8 Å². The second-order valence-electron chi connectivity index (χ2n) is 5.75. The van der Waals surface area contributed by atoms with Crippen molar-refractivity contribution in [3.63, 3.8) is 0 Å². The molecule has 1 aromatic carbocycles. The molecule has 0 radical (unpaired) electrons. The highest BCUT2D eigenvalue weighted by atomic mass is 16.3.